The summed E-state index contributed by atoms with van der Waals surface area (Å²) < 4.78 is 24.0. The summed E-state index contributed by atoms with van der Waals surface area (Å²) in [6.45, 7) is 12.3. The second-order valence-corrected chi connectivity index (χ2v) is 7.10. The van der Waals surface area contributed by atoms with E-state index < -0.39 is 12.9 Å². The Kier molecular flexibility index (Phi) is 5.97. The van der Waals surface area contributed by atoms with E-state index in [9.17, 15) is 4.57 Å². The third kappa shape index (κ3) is 3.36. The van der Waals surface area contributed by atoms with Crippen molar-refractivity contribution in [2.75, 3.05) is 13.2 Å². The molecule has 0 aromatic carbocycles. The molecule has 0 bridgehead atoms. The Hall–Kier alpha value is -0.440. The first kappa shape index (κ1) is 16.6. The predicted octanol–water partition coefficient (Wildman–Crippen LogP) is 4.56. The molecule has 1 rings (SSSR count). The van der Waals surface area contributed by atoms with Crippen LogP contribution in [0.25, 0.3) is 0 Å². The van der Waals surface area contributed by atoms with Crippen LogP contribution in [0, 0.1) is 0 Å². The highest BCUT2D eigenvalue weighted by Gasteiger charge is 2.63. The molecule has 0 aromatic heterocycles. The molecule has 0 amide bonds. The van der Waals surface area contributed by atoms with Gasteiger partial charge in [-0.3, -0.25) is 9.56 Å². The molecule has 19 heavy (non-hydrogen) atoms. The molecule has 110 valence electrons. The van der Waals surface area contributed by atoms with Crippen molar-refractivity contribution in [1.29, 1.82) is 0 Å². The predicted molar refractivity (Wildman–Crippen MR) is 80.0 cm³/mol. The van der Waals surface area contributed by atoms with Crippen molar-refractivity contribution < 1.29 is 13.6 Å². The second-order valence-electron chi connectivity index (χ2n) is 4.85. The van der Waals surface area contributed by atoms with Gasteiger partial charge in [-0.2, -0.15) is 0 Å². The molecule has 1 aliphatic rings. The summed E-state index contributed by atoms with van der Waals surface area (Å²) in [6, 6.07) is 0. The van der Waals surface area contributed by atoms with Gasteiger partial charge in [0.25, 0.3) is 0 Å². The molecule has 0 saturated heterocycles. The summed E-state index contributed by atoms with van der Waals surface area (Å²) in [5.74, 6) is 0. The van der Waals surface area contributed by atoms with Gasteiger partial charge in [0.15, 0.2) is 0 Å². The van der Waals surface area contributed by atoms with Crippen LogP contribution in [0.5, 0.6) is 0 Å². The first-order valence-corrected chi connectivity index (χ1v) is 8.67. The molecular formula is C14H26NO3P. The van der Waals surface area contributed by atoms with Crippen molar-refractivity contribution in [3.8, 4) is 0 Å². The molecule has 0 aromatic rings. The van der Waals surface area contributed by atoms with Crippen LogP contribution in [-0.2, 0) is 13.6 Å². The van der Waals surface area contributed by atoms with Crippen LogP contribution >= 0.6 is 7.60 Å². The van der Waals surface area contributed by atoms with Gasteiger partial charge in [-0.05, 0) is 39.2 Å². The van der Waals surface area contributed by atoms with E-state index in [4.69, 9.17) is 9.05 Å². The van der Waals surface area contributed by atoms with Crippen molar-refractivity contribution in [3.63, 3.8) is 0 Å². The Morgan fingerprint density at radius 3 is 2.21 bits per heavy atom. The van der Waals surface area contributed by atoms with E-state index >= 15 is 0 Å². The lowest BCUT2D eigenvalue weighted by molar-refractivity contribution is 0.208. The summed E-state index contributed by atoms with van der Waals surface area (Å²) in [4.78, 5) is 4.47. The van der Waals surface area contributed by atoms with Gasteiger partial charge >= 0.3 is 7.60 Å². The summed E-state index contributed by atoms with van der Waals surface area (Å²) in [5, 5.41) is -0.750. The highest BCUT2D eigenvalue weighted by Crippen LogP contribution is 2.69. The molecule has 0 N–H and O–H groups in total. The molecule has 1 unspecified atom stereocenters. The van der Waals surface area contributed by atoms with E-state index in [0.717, 1.165) is 37.0 Å². The van der Waals surface area contributed by atoms with Crippen LogP contribution < -0.4 is 0 Å². The van der Waals surface area contributed by atoms with Crippen molar-refractivity contribution in [2.45, 2.75) is 58.7 Å². The Balaban J connectivity index is 2.90. The van der Waals surface area contributed by atoms with Crippen LogP contribution in [0.15, 0.2) is 17.1 Å². The lowest BCUT2D eigenvalue weighted by Crippen LogP contribution is -2.23. The summed E-state index contributed by atoms with van der Waals surface area (Å²) in [7, 11) is -3.23. The average molecular weight is 287 g/mol. The van der Waals surface area contributed by atoms with Gasteiger partial charge in [0, 0.05) is 0 Å². The van der Waals surface area contributed by atoms with Gasteiger partial charge in [0.1, 0.15) is 0 Å². The number of nitrogens with zero attached hydrogens (tertiary/aromatic N) is 1. The first-order valence-electron chi connectivity index (χ1n) is 7.12. The number of hydrogen-bond acceptors (Lipinski definition) is 4. The zero-order chi connectivity index (χ0) is 14.5. The zero-order valence-electron chi connectivity index (χ0n) is 12.6. The number of aliphatic imine (C=N–C) groups is 1. The molecule has 1 atom stereocenters. The van der Waals surface area contributed by atoms with E-state index in [1.165, 1.54) is 0 Å². The maximum Gasteiger partial charge on any atom is 0.364 e. The van der Waals surface area contributed by atoms with Crippen LogP contribution in [0.3, 0.4) is 0 Å². The molecule has 1 heterocycles. The second kappa shape index (κ2) is 6.83. The van der Waals surface area contributed by atoms with Crippen LogP contribution in [0.2, 0.25) is 0 Å². The normalized spacial score (nSPS) is 22.2. The highest BCUT2D eigenvalue weighted by atomic mass is 31.2. The lowest BCUT2D eigenvalue weighted by atomic mass is 10.1. The lowest BCUT2D eigenvalue weighted by Gasteiger charge is -2.25. The molecule has 0 fully saturated rings. The van der Waals surface area contributed by atoms with Gasteiger partial charge in [-0.25, -0.2) is 0 Å². The third-order valence-corrected chi connectivity index (χ3v) is 5.85. The Morgan fingerprint density at radius 1 is 1.26 bits per heavy atom. The van der Waals surface area contributed by atoms with Crippen LogP contribution in [0.1, 0.15) is 53.4 Å². The maximum atomic E-state index is 13.0. The zero-order valence-corrected chi connectivity index (χ0v) is 13.5. The van der Waals surface area contributed by atoms with E-state index in [2.05, 4.69) is 18.5 Å². The Morgan fingerprint density at radius 2 is 1.84 bits per heavy atom. The van der Waals surface area contributed by atoms with E-state index in [-0.39, 0.29) is 0 Å². The highest BCUT2D eigenvalue weighted by molar-refractivity contribution is 7.57. The van der Waals surface area contributed by atoms with Crippen molar-refractivity contribution >= 4 is 13.3 Å². The fourth-order valence-corrected chi connectivity index (χ4v) is 4.59. The van der Waals surface area contributed by atoms with E-state index in [0.29, 0.717) is 13.2 Å². The minimum Gasteiger partial charge on any atom is -0.307 e. The Bertz CT molecular complexity index is 395. The number of hydrogen-bond donors (Lipinski definition) is 0. The molecule has 4 nitrogen and oxygen atoms in total. The molecule has 0 spiro atoms. The van der Waals surface area contributed by atoms with Gasteiger partial charge in [-0.1, -0.05) is 26.3 Å². The van der Waals surface area contributed by atoms with E-state index in [1.807, 2.05) is 20.8 Å². The van der Waals surface area contributed by atoms with Gasteiger partial charge in [-0.15, -0.1) is 0 Å². The topological polar surface area (TPSA) is 47.9 Å². The summed E-state index contributed by atoms with van der Waals surface area (Å²) >= 11 is 0. The summed E-state index contributed by atoms with van der Waals surface area (Å²) in [5.41, 5.74) is 1.67. The van der Waals surface area contributed by atoms with Gasteiger partial charge in [0.05, 0.1) is 18.9 Å². The minimum atomic E-state index is -3.23. The molecule has 0 saturated carbocycles. The molecule has 1 aliphatic heterocycles. The standard InChI is InChI=1S/C14H26NO3P/c1-6-9-10-11-14(13(15-14)12(4)5)19(16,17-7-2)18-8-3/h4,6-11H2,1-3,5H3. The molecule has 0 radical (unpaired) electrons. The maximum absolute atomic E-state index is 13.0. The van der Waals surface area contributed by atoms with Crippen molar-refractivity contribution in [3.05, 3.63) is 12.2 Å². The largest absolute Gasteiger partial charge is 0.364 e. The van der Waals surface area contributed by atoms with Crippen molar-refractivity contribution in [1.82, 2.24) is 0 Å². The smallest absolute Gasteiger partial charge is 0.307 e. The van der Waals surface area contributed by atoms with Crippen LogP contribution in [0.4, 0.5) is 0 Å². The van der Waals surface area contributed by atoms with E-state index in [1.54, 1.807) is 0 Å². The molecular weight excluding hydrogens is 261 g/mol. The van der Waals surface area contributed by atoms with Crippen molar-refractivity contribution in [2.24, 2.45) is 4.99 Å². The monoisotopic (exact) mass is 287 g/mol. The number of unbranched alkanes of at least 4 members (excludes halogenated alkanes) is 2. The fraction of sp³-hybridized carbons (Fsp3) is 0.786. The Labute approximate surface area is 116 Å². The quantitative estimate of drug-likeness (QED) is 0.437. The third-order valence-electron chi connectivity index (χ3n) is 3.21. The first-order chi connectivity index (χ1) is 8.97. The fourth-order valence-electron chi connectivity index (χ4n) is 2.31. The molecule has 0 aliphatic carbocycles. The summed E-state index contributed by atoms with van der Waals surface area (Å²) in [6.07, 6.45) is 3.91. The SMILES string of the molecule is C=C(C)C1=NC1(CCCCC)P(=O)(OCC)OCC. The van der Waals surface area contributed by atoms with Gasteiger partial charge < -0.3 is 9.05 Å². The molecule has 5 heteroatoms. The van der Waals surface area contributed by atoms with Gasteiger partial charge in [0.2, 0.25) is 5.28 Å². The number of rotatable bonds is 10. The van der Waals surface area contributed by atoms with Crippen LogP contribution in [-0.4, -0.2) is 24.2 Å². The average Bonchev–Trinajstić information content (AvgIpc) is 3.07. The minimum absolute atomic E-state index is 0.367.